The van der Waals surface area contributed by atoms with Gasteiger partial charge in [-0.05, 0) is 44.2 Å². The molecule has 0 aliphatic heterocycles. The molecule has 32 heavy (non-hydrogen) atoms. The highest BCUT2D eigenvalue weighted by Gasteiger charge is 2.14. The van der Waals surface area contributed by atoms with Crippen LogP contribution in [0.15, 0.2) is 48.9 Å². The molecule has 3 aromatic heterocycles. The number of hydrogen-bond acceptors (Lipinski definition) is 5. The van der Waals surface area contributed by atoms with E-state index in [0.29, 0.717) is 23.5 Å². The molecule has 0 spiro atoms. The van der Waals surface area contributed by atoms with Gasteiger partial charge in [-0.2, -0.15) is 24.1 Å². The van der Waals surface area contributed by atoms with Gasteiger partial charge in [0.2, 0.25) is 0 Å². The van der Waals surface area contributed by atoms with E-state index in [4.69, 9.17) is 0 Å². The standard InChI is InChI=1S/C21H21F2N7O2/c1-3-30-13(2)15(9-25-30)11-29-12-16(10-24-29)26-20(31)19-8-18(27-28-19)14-4-6-17(7-5-14)32-21(22)23/h4-10,12,21H,3,11H2,1-2H3,(H,26,31)(H,27,28). The van der Waals surface area contributed by atoms with Gasteiger partial charge < -0.3 is 10.1 Å². The molecule has 2 N–H and O–H groups in total. The third-order valence-electron chi connectivity index (χ3n) is 4.93. The summed E-state index contributed by atoms with van der Waals surface area (Å²) < 4.78 is 32.5. The molecule has 0 saturated heterocycles. The molecule has 0 fully saturated rings. The first-order valence-electron chi connectivity index (χ1n) is 9.88. The number of benzene rings is 1. The smallest absolute Gasteiger partial charge is 0.387 e. The van der Waals surface area contributed by atoms with Crippen molar-refractivity contribution < 1.29 is 18.3 Å². The van der Waals surface area contributed by atoms with Crippen LogP contribution in [-0.2, 0) is 13.1 Å². The number of alkyl halides is 2. The number of H-pyrrole nitrogens is 1. The zero-order valence-electron chi connectivity index (χ0n) is 17.4. The molecule has 0 bridgehead atoms. The molecule has 0 radical (unpaired) electrons. The van der Waals surface area contributed by atoms with Crippen LogP contribution in [-0.4, -0.2) is 42.3 Å². The van der Waals surface area contributed by atoms with Crippen molar-refractivity contribution in [1.82, 2.24) is 29.8 Å². The van der Waals surface area contributed by atoms with Crippen LogP contribution in [0.4, 0.5) is 14.5 Å². The minimum atomic E-state index is -2.89. The quantitative estimate of drug-likeness (QED) is 0.434. The Bertz CT molecular complexity index is 1210. The number of anilines is 1. The Balaban J connectivity index is 1.39. The molecular weight excluding hydrogens is 420 g/mol. The Kier molecular flexibility index (Phi) is 5.97. The number of aromatic amines is 1. The van der Waals surface area contributed by atoms with Crippen LogP contribution in [0.25, 0.3) is 11.3 Å². The van der Waals surface area contributed by atoms with E-state index >= 15 is 0 Å². The lowest BCUT2D eigenvalue weighted by Crippen LogP contribution is -2.11. The predicted octanol–water partition coefficient (Wildman–Crippen LogP) is 3.70. The Hall–Kier alpha value is -4.02. The van der Waals surface area contributed by atoms with Crippen LogP contribution < -0.4 is 10.1 Å². The van der Waals surface area contributed by atoms with E-state index in [-0.39, 0.29) is 17.4 Å². The largest absolute Gasteiger partial charge is 0.435 e. The Labute approximate surface area is 182 Å². The number of aromatic nitrogens is 6. The lowest BCUT2D eigenvalue weighted by Gasteiger charge is -2.04. The van der Waals surface area contributed by atoms with Crippen LogP contribution >= 0.6 is 0 Å². The van der Waals surface area contributed by atoms with Crippen LogP contribution in [0.5, 0.6) is 5.75 Å². The summed E-state index contributed by atoms with van der Waals surface area (Å²) in [5.74, 6) is -0.331. The van der Waals surface area contributed by atoms with Crippen molar-refractivity contribution in [3.05, 3.63) is 65.9 Å². The zero-order chi connectivity index (χ0) is 22.7. The molecule has 166 valence electrons. The first kappa shape index (κ1) is 21.2. The molecule has 0 aliphatic rings. The molecule has 1 aromatic carbocycles. The predicted molar refractivity (Wildman–Crippen MR) is 113 cm³/mol. The van der Waals surface area contributed by atoms with E-state index in [9.17, 15) is 13.6 Å². The summed E-state index contributed by atoms with van der Waals surface area (Å²) in [4.78, 5) is 12.6. The van der Waals surface area contributed by atoms with Gasteiger partial charge in [0.1, 0.15) is 11.4 Å². The molecule has 0 aliphatic carbocycles. The van der Waals surface area contributed by atoms with Crippen molar-refractivity contribution in [2.75, 3.05) is 5.32 Å². The number of amides is 1. The average molecular weight is 441 g/mol. The van der Waals surface area contributed by atoms with E-state index in [0.717, 1.165) is 17.8 Å². The number of rotatable bonds is 8. The normalized spacial score (nSPS) is 11.2. The van der Waals surface area contributed by atoms with Gasteiger partial charge in [-0.25, -0.2) is 0 Å². The fourth-order valence-corrected chi connectivity index (χ4v) is 3.24. The van der Waals surface area contributed by atoms with Crippen molar-refractivity contribution in [3.8, 4) is 17.0 Å². The van der Waals surface area contributed by atoms with E-state index in [1.165, 1.54) is 12.1 Å². The highest BCUT2D eigenvalue weighted by molar-refractivity contribution is 6.03. The van der Waals surface area contributed by atoms with Crippen molar-refractivity contribution in [2.45, 2.75) is 33.5 Å². The number of carbonyl (C=O) groups excluding carboxylic acids is 1. The summed E-state index contributed by atoms with van der Waals surface area (Å²) in [5, 5.41) is 18.2. The van der Waals surface area contributed by atoms with Crippen LogP contribution in [0.2, 0.25) is 0 Å². The van der Waals surface area contributed by atoms with Gasteiger partial charge in [0.15, 0.2) is 0 Å². The third-order valence-corrected chi connectivity index (χ3v) is 4.93. The number of halogens is 2. The molecule has 0 atom stereocenters. The van der Waals surface area contributed by atoms with Crippen molar-refractivity contribution >= 4 is 11.6 Å². The Morgan fingerprint density at radius 3 is 2.69 bits per heavy atom. The third kappa shape index (κ3) is 4.66. The first-order chi connectivity index (χ1) is 15.4. The van der Waals surface area contributed by atoms with Crippen molar-refractivity contribution in [1.29, 1.82) is 0 Å². The molecule has 1 amide bonds. The van der Waals surface area contributed by atoms with Gasteiger partial charge >= 0.3 is 6.61 Å². The monoisotopic (exact) mass is 441 g/mol. The molecule has 0 unspecified atom stereocenters. The van der Waals surface area contributed by atoms with Crippen LogP contribution in [0.3, 0.4) is 0 Å². The molecule has 9 nitrogen and oxygen atoms in total. The Morgan fingerprint density at radius 1 is 1.22 bits per heavy atom. The maximum absolute atomic E-state index is 12.6. The summed E-state index contributed by atoms with van der Waals surface area (Å²) in [7, 11) is 0. The number of ether oxygens (including phenoxy) is 1. The van der Waals surface area contributed by atoms with Gasteiger partial charge in [-0.1, -0.05) is 0 Å². The molecular formula is C21H21F2N7O2. The van der Waals surface area contributed by atoms with Gasteiger partial charge in [0, 0.05) is 29.6 Å². The fraction of sp³-hybridized carbons (Fsp3) is 0.238. The second-order valence-corrected chi connectivity index (χ2v) is 7.02. The zero-order valence-corrected chi connectivity index (χ0v) is 17.4. The molecule has 3 heterocycles. The molecule has 0 saturated carbocycles. The van der Waals surface area contributed by atoms with Crippen molar-refractivity contribution in [2.24, 2.45) is 0 Å². The second-order valence-electron chi connectivity index (χ2n) is 7.02. The van der Waals surface area contributed by atoms with E-state index in [2.05, 4.69) is 30.4 Å². The van der Waals surface area contributed by atoms with Crippen LogP contribution in [0, 0.1) is 6.92 Å². The second kappa shape index (κ2) is 9.00. The van der Waals surface area contributed by atoms with E-state index < -0.39 is 6.61 Å². The molecule has 4 rings (SSSR count). The summed E-state index contributed by atoms with van der Waals surface area (Å²) in [6, 6.07) is 7.57. The number of nitrogens with zero attached hydrogens (tertiary/aromatic N) is 5. The number of aryl methyl sites for hydroxylation is 1. The maximum Gasteiger partial charge on any atom is 0.387 e. The van der Waals surface area contributed by atoms with Gasteiger partial charge in [0.25, 0.3) is 5.91 Å². The minimum Gasteiger partial charge on any atom is -0.435 e. The Morgan fingerprint density at radius 2 is 2.00 bits per heavy atom. The van der Waals surface area contributed by atoms with Crippen LogP contribution in [0.1, 0.15) is 28.7 Å². The minimum absolute atomic E-state index is 0.0477. The number of nitrogens with one attached hydrogen (secondary N) is 2. The number of hydrogen-bond donors (Lipinski definition) is 2. The fourth-order valence-electron chi connectivity index (χ4n) is 3.24. The summed E-state index contributed by atoms with van der Waals surface area (Å²) in [6.07, 6.45) is 5.12. The summed E-state index contributed by atoms with van der Waals surface area (Å²) in [5.41, 5.74) is 4.07. The van der Waals surface area contributed by atoms with E-state index in [1.54, 1.807) is 35.3 Å². The van der Waals surface area contributed by atoms with Gasteiger partial charge in [-0.15, -0.1) is 0 Å². The topological polar surface area (TPSA) is 103 Å². The van der Waals surface area contributed by atoms with Crippen molar-refractivity contribution in [3.63, 3.8) is 0 Å². The average Bonchev–Trinajstić information content (AvgIpc) is 3.50. The lowest BCUT2D eigenvalue weighted by atomic mass is 10.1. The molecule has 4 aromatic rings. The molecule has 11 heteroatoms. The highest BCUT2D eigenvalue weighted by Crippen LogP contribution is 2.22. The summed E-state index contributed by atoms with van der Waals surface area (Å²) >= 11 is 0. The first-order valence-corrected chi connectivity index (χ1v) is 9.88. The highest BCUT2D eigenvalue weighted by atomic mass is 19.3. The van der Waals surface area contributed by atoms with Gasteiger partial charge in [0.05, 0.1) is 30.3 Å². The number of carbonyl (C=O) groups is 1. The van der Waals surface area contributed by atoms with Gasteiger partial charge in [-0.3, -0.25) is 19.3 Å². The lowest BCUT2D eigenvalue weighted by molar-refractivity contribution is -0.0498. The SMILES string of the molecule is CCn1ncc(Cn2cc(NC(=O)c3cc(-c4ccc(OC(F)F)cc4)n[nH]3)cn2)c1C. The maximum atomic E-state index is 12.6. The summed E-state index contributed by atoms with van der Waals surface area (Å²) in [6.45, 7) is 2.49. The van der Waals surface area contributed by atoms with E-state index in [1.807, 2.05) is 24.7 Å².